The zero-order chi connectivity index (χ0) is 84.6. The lowest BCUT2D eigenvalue weighted by atomic mass is 9.78. The van der Waals surface area contributed by atoms with Crippen LogP contribution in [0.4, 0.5) is 17.1 Å². The number of nitrogens with zero attached hydrogens (tertiary/aromatic N) is 4. The van der Waals surface area contributed by atoms with Gasteiger partial charge in [-0.3, -0.25) is 43.3 Å². The number of carbonyl (C=O) groups excluding carboxylic acids is 11. The van der Waals surface area contributed by atoms with Gasteiger partial charge in [-0.2, -0.15) is 0 Å². The van der Waals surface area contributed by atoms with Crippen LogP contribution in [0.25, 0.3) is 10.8 Å². The summed E-state index contributed by atoms with van der Waals surface area (Å²) in [6.07, 6.45) is 0. The molecule has 14 aromatic carbocycles. The molecular formula is C102H64N4O16. The van der Waals surface area contributed by atoms with E-state index in [9.17, 15) is 52.7 Å². The number of hydrogen-bond donors (Lipinski definition) is 0. The van der Waals surface area contributed by atoms with E-state index in [0.717, 1.165) is 42.5 Å². The second-order valence-corrected chi connectivity index (χ2v) is 29.3. The molecule has 4 aliphatic heterocycles. The molecule has 4 heterocycles. The Morgan fingerprint density at radius 2 is 0.582 bits per heavy atom. The molecule has 0 radical (unpaired) electrons. The second kappa shape index (κ2) is 32.3. The highest BCUT2D eigenvalue weighted by molar-refractivity contribution is 6.36. The van der Waals surface area contributed by atoms with Crippen LogP contribution in [-0.4, -0.2) is 77.1 Å². The molecule has 0 unspecified atom stereocenters. The highest BCUT2D eigenvalue weighted by Crippen LogP contribution is 2.39. The van der Waals surface area contributed by atoms with Gasteiger partial charge in [-0.15, -0.1) is 0 Å². The monoisotopic (exact) mass is 1600 g/mol. The summed E-state index contributed by atoms with van der Waals surface area (Å²) in [6.45, 7) is 6.20. The van der Waals surface area contributed by atoms with Crippen molar-refractivity contribution in [1.82, 2.24) is 4.90 Å². The molecule has 122 heavy (non-hydrogen) atoms. The quantitative estimate of drug-likeness (QED) is 0.0400. The van der Waals surface area contributed by atoms with Gasteiger partial charge in [-0.05, 0) is 259 Å². The van der Waals surface area contributed by atoms with E-state index < -0.39 is 41.5 Å². The van der Waals surface area contributed by atoms with E-state index in [-0.39, 0.29) is 90.9 Å². The summed E-state index contributed by atoms with van der Waals surface area (Å²) >= 11 is 0. The Balaban J connectivity index is 0.000000193. The molecule has 20 nitrogen and oxygen atoms in total. The fourth-order valence-corrected chi connectivity index (χ4v) is 14.4. The molecule has 18 rings (SSSR count). The molecule has 0 spiro atoms. The first kappa shape index (κ1) is 77.6. The Labute approximate surface area is 697 Å². The summed E-state index contributed by atoms with van der Waals surface area (Å²) in [7, 11) is 1.47. The molecular weight excluding hydrogens is 1540 g/mol. The van der Waals surface area contributed by atoms with Crippen molar-refractivity contribution in [2.24, 2.45) is 0 Å². The molecule has 0 N–H and O–H groups in total. The number of hydrogen-bond acceptors (Lipinski definition) is 16. The van der Waals surface area contributed by atoms with Gasteiger partial charge < -0.3 is 23.7 Å². The molecule has 0 bridgehead atoms. The number of ether oxygens (including phenoxy) is 5. The van der Waals surface area contributed by atoms with Crippen LogP contribution in [0.15, 0.2) is 315 Å². The first-order valence-electron chi connectivity index (χ1n) is 38.4. The summed E-state index contributed by atoms with van der Waals surface area (Å²) < 4.78 is 28.9. The number of amides is 8. The van der Waals surface area contributed by atoms with E-state index in [1.807, 2.05) is 128 Å². The van der Waals surface area contributed by atoms with Crippen molar-refractivity contribution >= 4 is 93.0 Å². The summed E-state index contributed by atoms with van der Waals surface area (Å²) in [5.74, 6) is 9.59. The zero-order valence-corrected chi connectivity index (χ0v) is 65.3. The third-order valence-corrected chi connectivity index (χ3v) is 21.1. The molecule has 0 saturated carbocycles. The molecule has 4 aliphatic rings. The number of fused-ring (bicyclic) bond motifs is 5. The fourth-order valence-electron chi connectivity index (χ4n) is 14.4. The van der Waals surface area contributed by atoms with E-state index in [2.05, 4.69) is 37.5 Å². The Morgan fingerprint density at radius 3 is 1.05 bits per heavy atom. The van der Waals surface area contributed by atoms with Gasteiger partial charge in [-0.1, -0.05) is 128 Å². The summed E-state index contributed by atoms with van der Waals surface area (Å²) in [6, 6.07) is 88.8. The van der Waals surface area contributed by atoms with Crippen molar-refractivity contribution in [3.63, 3.8) is 0 Å². The maximum absolute atomic E-state index is 13.4. The Kier molecular flexibility index (Phi) is 20.5. The van der Waals surface area contributed by atoms with Gasteiger partial charge in [-0.25, -0.2) is 29.1 Å². The average Bonchev–Trinajstić information content (AvgIpc) is 1.61. The lowest BCUT2D eigenvalue weighted by molar-refractivity contribution is 0.0685. The lowest BCUT2D eigenvalue weighted by Crippen LogP contribution is -2.29. The van der Waals surface area contributed by atoms with E-state index >= 15 is 0 Å². The minimum Gasteiger partial charge on any atom is -0.457 e. The minimum atomic E-state index is -0.703. The fraction of sp³-hybridized carbons (Fsp3) is 0.0490. The number of anilines is 3. The largest absolute Gasteiger partial charge is 0.457 e. The molecule has 588 valence electrons. The van der Waals surface area contributed by atoms with Crippen LogP contribution in [0.3, 0.4) is 0 Å². The second-order valence-electron chi connectivity index (χ2n) is 29.3. The van der Waals surface area contributed by atoms with Crippen molar-refractivity contribution < 1.29 is 76.4 Å². The Hall–Kier alpha value is -17.0. The SMILES string of the molecule is Cc1ccc(N2C(=O)c3ccc(Oc4ccc(C(C)(C)c5ccc(Oc6ccc7c(c6)C(=O)N(C)C7=O)cc5)cc4)cc3C2=O)cc1.O=C(Oc1ccc(C(=O)Oc2ccc3cc(C(=O)Oc4ccc(N5C(=O)c6ccc(C#Cc7ccccc7)cc6C5=O)cc4)ccc3c2)cc1)c1ccc(N2C(=O)c3ccc(C#Cc4ccccc4)cc3C2=O)cc1. The summed E-state index contributed by atoms with van der Waals surface area (Å²) in [5.41, 5.74) is 9.75. The van der Waals surface area contributed by atoms with Gasteiger partial charge in [0.25, 0.3) is 47.3 Å². The Bertz CT molecular complexity index is 6880. The van der Waals surface area contributed by atoms with E-state index in [4.69, 9.17) is 23.7 Å². The van der Waals surface area contributed by atoms with Crippen LogP contribution in [-0.2, 0) is 5.41 Å². The van der Waals surface area contributed by atoms with Crippen molar-refractivity contribution in [2.45, 2.75) is 26.2 Å². The van der Waals surface area contributed by atoms with Gasteiger partial charge >= 0.3 is 17.9 Å². The predicted octanol–water partition coefficient (Wildman–Crippen LogP) is 18.8. The first-order valence-corrected chi connectivity index (χ1v) is 38.4. The zero-order valence-electron chi connectivity index (χ0n) is 65.3. The van der Waals surface area contributed by atoms with Crippen LogP contribution < -0.4 is 38.4 Å². The molecule has 8 amide bonds. The third-order valence-electron chi connectivity index (χ3n) is 21.1. The minimum absolute atomic E-state index is 0.158. The normalized spacial score (nSPS) is 13.0. The number of imide groups is 4. The van der Waals surface area contributed by atoms with Crippen LogP contribution in [0.1, 0.15) is 167 Å². The lowest BCUT2D eigenvalue weighted by Gasteiger charge is -2.26. The smallest absolute Gasteiger partial charge is 0.343 e. The van der Waals surface area contributed by atoms with Crippen LogP contribution >= 0.6 is 0 Å². The predicted molar refractivity (Wildman–Crippen MR) is 455 cm³/mol. The highest BCUT2D eigenvalue weighted by Gasteiger charge is 2.41. The third kappa shape index (κ3) is 15.5. The summed E-state index contributed by atoms with van der Waals surface area (Å²) in [5, 5.41) is 1.35. The highest BCUT2D eigenvalue weighted by atomic mass is 16.5. The molecule has 0 aromatic heterocycles. The van der Waals surface area contributed by atoms with Crippen molar-refractivity contribution in [3.05, 3.63) is 416 Å². The van der Waals surface area contributed by atoms with Crippen LogP contribution in [0, 0.1) is 30.6 Å². The van der Waals surface area contributed by atoms with Crippen molar-refractivity contribution in [1.29, 1.82) is 0 Å². The van der Waals surface area contributed by atoms with Crippen LogP contribution in [0.2, 0.25) is 0 Å². The van der Waals surface area contributed by atoms with Gasteiger partial charge in [0.15, 0.2) is 0 Å². The molecule has 0 aliphatic carbocycles. The molecule has 14 aromatic rings. The van der Waals surface area contributed by atoms with Crippen molar-refractivity contribution in [2.75, 3.05) is 21.7 Å². The maximum Gasteiger partial charge on any atom is 0.343 e. The maximum atomic E-state index is 13.4. The number of aryl methyl sites for hydroxylation is 1. The van der Waals surface area contributed by atoms with Crippen LogP contribution in [0.5, 0.6) is 40.2 Å². The molecule has 0 fully saturated rings. The van der Waals surface area contributed by atoms with E-state index in [0.29, 0.717) is 78.5 Å². The number of benzene rings is 14. The molecule has 0 saturated heterocycles. The first-order chi connectivity index (χ1) is 59.0. The van der Waals surface area contributed by atoms with E-state index in [1.54, 1.807) is 121 Å². The van der Waals surface area contributed by atoms with Gasteiger partial charge in [0.05, 0.1) is 78.3 Å². The number of carbonyl (C=O) groups is 11. The Morgan fingerprint density at radius 1 is 0.270 bits per heavy atom. The number of rotatable bonds is 15. The van der Waals surface area contributed by atoms with Gasteiger partial charge in [0.2, 0.25) is 0 Å². The molecule has 20 heteroatoms. The van der Waals surface area contributed by atoms with E-state index in [1.165, 1.54) is 84.7 Å². The topological polar surface area (TPSA) is 247 Å². The average molecular weight is 1600 g/mol. The summed E-state index contributed by atoms with van der Waals surface area (Å²) in [4.78, 5) is 148. The molecule has 0 atom stereocenters. The van der Waals surface area contributed by atoms with Crippen molar-refractivity contribution in [3.8, 4) is 63.9 Å². The van der Waals surface area contributed by atoms with Gasteiger partial charge in [0, 0.05) is 34.7 Å². The number of esters is 3. The standard InChI is InChI=1S/C63H34N2O10.C39H30N2O6/c66-57-53-33-15-41(13-11-39-7-3-1-4-8-39)35-55(53)59(68)64(57)48-24-19-43(20-25-48)61(70)73-50-28-21-44(22-29-50)62(71)75-52-30-23-45-37-47(18-17-46(45)38-52)63(72)74-51-31-26-49(27-32-51)65-58(67)54-34-16-42(36-56(54)60(65)69)14-12-40-9-5-2-6-10-40;1-23-5-11-26(12-6-23)41-37(44)32-20-18-30(22-34(32)38(41)45)47-28-15-9-25(10-16-28)39(2,3)24-7-13-27(14-8-24)46-29-17-19-31-33(21-29)36(43)40(4)35(31)42/h1-10,15-38H;5-22H,1-4H3. The van der Waals surface area contributed by atoms with Gasteiger partial charge in [0.1, 0.15) is 40.2 Å².